The van der Waals surface area contributed by atoms with Gasteiger partial charge in [-0.25, -0.2) is 0 Å². The van der Waals surface area contributed by atoms with Gasteiger partial charge in [0.15, 0.2) is 11.6 Å². The fourth-order valence-electron chi connectivity index (χ4n) is 4.04. The first kappa shape index (κ1) is 15.7. The molecule has 2 aliphatic carbocycles. The number of rotatable bonds is 0. The standard InChI is InChI=1S/C20H12O7/c21-9-4-8-7-20(26)18(19(25)15(8)12(23)5-9)17-10-2-1-3-11(22)16(10)13(24)6-14(17)27-20/h1-6,21-23,26H,7H2/t20-/m0/s1. The first-order valence-corrected chi connectivity index (χ1v) is 8.14. The van der Waals surface area contributed by atoms with E-state index in [0.29, 0.717) is 0 Å². The lowest BCUT2D eigenvalue weighted by molar-refractivity contribution is -0.130. The Kier molecular flexibility index (Phi) is 2.77. The zero-order valence-electron chi connectivity index (χ0n) is 13.7. The van der Waals surface area contributed by atoms with Gasteiger partial charge in [0.2, 0.25) is 5.79 Å². The van der Waals surface area contributed by atoms with Crippen LogP contribution in [0.2, 0.25) is 0 Å². The van der Waals surface area contributed by atoms with Crippen LogP contribution in [0.3, 0.4) is 0 Å². The number of benzene rings is 2. The Morgan fingerprint density at radius 3 is 2.56 bits per heavy atom. The summed E-state index contributed by atoms with van der Waals surface area (Å²) in [6.07, 6.45) is 0.921. The van der Waals surface area contributed by atoms with Gasteiger partial charge in [0.25, 0.3) is 0 Å². The molecule has 0 saturated heterocycles. The second-order valence-corrected chi connectivity index (χ2v) is 6.71. The number of ether oxygens (including phenoxy) is 1. The molecular weight excluding hydrogens is 352 g/mol. The van der Waals surface area contributed by atoms with Gasteiger partial charge < -0.3 is 25.2 Å². The Morgan fingerprint density at radius 1 is 1.00 bits per heavy atom. The van der Waals surface area contributed by atoms with E-state index in [4.69, 9.17) is 4.74 Å². The van der Waals surface area contributed by atoms with E-state index in [9.17, 15) is 30.0 Å². The highest BCUT2D eigenvalue weighted by atomic mass is 16.6. The molecule has 1 heterocycles. The minimum Gasteiger partial charge on any atom is -0.508 e. The first-order valence-electron chi connectivity index (χ1n) is 8.14. The number of phenolic OH excluding ortho intramolecular Hbond substituents is 3. The summed E-state index contributed by atoms with van der Waals surface area (Å²) < 4.78 is 5.59. The minimum absolute atomic E-state index is 0.0186. The number of ketones is 2. The number of allylic oxidation sites excluding steroid dienone is 2. The molecule has 0 radical (unpaired) electrons. The van der Waals surface area contributed by atoms with E-state index < -0.39 is 23.1 Å². The quantitative estimate of drug-likeness (QED) is 0.562. The number of aromatic hydroxyl groups is 3. The Hall–Kier alpha value is -3.58. The van der Waals surface area contributed by atoms with Crippen molar-refractivity contribution in [1.82, 2.24) is 0 Å². The average Bonchev–Trinajstić information content (AvgIpc) is 2.86. The van der Waals surface area contributed by atoms with Crippen molar-refractivity contribution in [2.75, 3.05) is 0 Å². The first-order chi connectivity index (χ1) is 12.8. The summed E-state index contributed by atoms with van der Waals surface area (Å²) in [6, 6.07) is 6.75. The molecule has 5 rings (SSSR count). The second kappa shape index (κ2) is 4.77. The van der Waals surface area contributed by atoms with Crippen molar-refractivity contribution in [3.8, 4) is 17.2 Å². The predicted molar refractivity (Wildman–Crippen MR) is 91.3 cm³/mol. The highest BCUT2D eigenvalue weighted by Gasteiger charge is 2.54. The predicted octanol–water partition coefficient (Wildman–Crippen LogP) is 1.80. The molecule has 27 heavy (non-hydrogen) atoms. The molecule has 2 aromatic rings. The molecule has 7 heteroatoms. The number of phenols is 3. The van der Waals surface area contributed by atoms with Crippen molar-refractivity contribution in [3.63, 3.8) is 0 Å². The van der Waals surface area contributed by atoms with Crippen molar-refractivity contribution in [3.05, 3.63) is 70.0 Å². The maximum absolute atomic E-state index is 13.2. The third kappa shape index (κ3) is 1.89. The largest absolute Gasteiger partial charge is 0.508 e. The smallest absolute Gasteiger partial charge is 0.243 e. The summed E-state index contributed by atoms with van der Waals surface area (Å²) in [5, 5.41) is 41.0. The summed E-state index contributed by atoms with van der Waals surface area (Å²) in [5.74, 6) is -4.09. The van der Waals surface area contributed by atoms with Crippen LogP contribution in [-0.4, -0.2) is 37.8 Å². The monoisotopic (exact) mass is 364 g/mol. The SMILES string of the molecule is O=C1C2=C3C(=CC(=O)c4c(O)cccc43)O[C@@]2(O)Cc2cc(O)cc(O)c21. The third-order valence-electron chi connectivity index (χ3n) is 5.05. The number of hydrogen-bond acceptors (Lipinski definition) is 7. The van der Waals surface area contributed by atoms with Gasteiger partial charge in [-0.2, -0.15) is 0 Å². The molecule has 134 valence electrons. The Bertz CT molecular complexity index is 1160. The minimum atomic E-state index is -2.04. The van der Waals surface area contributed by atoms with Gasteiger partial charge in [0.1, 0.15) is 23.0 Å². The van der Waals surface area contributed by atoms with Crippen molar-refractivity contribution >= 4 is 17.1 Å². The zero-order chi connectivity index (χ0) is 19.1. The van der Waals surface area contributed by atoms with Crippen LogP contribution < -0.4 is 0 Å². The van der Waals surface area contributed by atoms with Crippen LogP contribution in [0.4, 0.5) is 0 Å². The molecule has 0 aromatic heterocycles. The lowest BCUT2D eigenvalue weighted by Gasteiger charge is -2.30. The summed E-state index contributed by atoms with van der Waals surface area (Å²) >= 11 is 0. The fraction of sp³-hybridized carbons (Fsp3) is 0.100. The van der Waals surface area contributed by atoms with Crippen LogP contribution in [0.15, 0.2) is 47.7 Å². The molecule has 0 spiro atoms. The highest BCUT2D eigenvalue weighted by molar-refractivity contribution is 6.24. The molecule has 2 aromatic carbocycles. The number of carbonyl (C=O) groups excluding carboxylic acids is 2. The van der Waals surface area contributed by atoms with Gasteiger partial charge in [0.05, 0.1) is 16.7 Å². The average molecular weight is 364 g/mol. The highest BCUT2D eigenvalue weighted by Crippen LogP contribution is 2.52. The van der Waals surface area contributed by atoms with E-state index in [-0.39, 0.29) is 57.1 Å². The van der Waals surface area contributed by atoms with Gasteiger partial charge in [0, 0.05) is 29.7 Å². The fourth-order valence-corrected chi connectivity index (χ4v) is 4.04. The topological polar surface area (TPSA) is 124 Å². The molecule has 0 unspecified atom stereocenters. The lowest BCUT2D eigenvalue weighted by atomic mass is 9.78. The molecular formula is C20H12O7. The van der Waals surface area contributed by atoms with Crippen molar-refractivity contribution < 1.29 is 34.8 Å². The molecule has 3 aliphatic rings. The number of Topliss-reactive ketones (excluding diaryl/α,β-unsaturated/α-hetero) is 1. The summed E-state index contributed by atoms with van der Waals surface area (Å²) in [7, 11) is 0. The van der Waals surface area contributed by atoms with E-state index in [0.717, 1.165) is 12.1 Å². The van der Waals surface area contributed by atoms with Crippen LogP contribution in [-0.2, 0) is 11.2 Å². The van der Waals surface area contributed by atoms with E-state index in [1.807, 2.05) is 0 Å². The van der Waals surface area contributed by atoms with Crippen LogP contribution in [0.5, 0.6) is 17.2 Å². The Morgan fingerprint density at radius 2 is 1.78 bits per heavy atom. The van der Waals surface area contributed by atoms with Gasteiger partial charge in [-0.3, -0.25) is 9.59 Å². The van der Waals surface area contributed by atoms with Crippen molar-refractivity contribution in [2.45, 2.75) is 12.2 Å². The molecule has 0 fully saturated rings. The van der Waals surface area contributed by atoms with Gasteiger partial charge in [-0.05, 0) is 17.7 Å². The normalized spacial score (nSPS) is 22.5. The second-order valence-electron chi connectivity index (χ2n) is 6.71. The van der Waals surface area contributed by atoms with Crippen molar-refractivity contribution in [2.24, 2.45) is 0 Å². The van der Waals surface area contributed by atoms with E-state index in [2.05, 4.69) is 0 Å². The van der Waals surface area contributed by atoms with Gasteiger partial charge in [-0.1, -0.05) is 12.1 Å². The molecule has 0 saturated carbocycles. The van der Waals surface area contributed by atoms with Gasteiger partial charge >= 0.3 is 0 Å². The van der Waals surface area contributed by atoms with Crippen molar-refractivity contribution in [1.29, 1.82) is 0 Å². The zero-order valence-corrected chi connectivity index (χ0v) is 13.7. The summed E-state index contributed by atoms with van der Waals surface area (Å²) in [5.41, 5.74) is 0.589. The lowest BCUT2D eigenvalue weighted by Crippen LogP contribution is -2.40. The number of hydrogen-bond donors (Lipinski definition) is 4. The molecule has 1 atom stereocenters. The Labute approximate surface area is 152 Å². The van der Waals surface area contributed by atoms with Crippen LogP contribution in [0, 0.1) is 0 Å². The molecule has 1 aliphatic heterocycles. The van der Waals surface area contributed by atoms with Crippen LogP contribution >= 0.6 is 0 Å². The summed E-state index contributed by atoms with van der Waals surface area (Å²) in [4.78, 5) is 25.5. The molecule has 4 N–H and O–H groups in total. The molecule has 0 amide bonds. The van der Waals surface area contributed by atoms with Crippen LogP contribution in [0.1, 0.15) is 31.8 Å². The Balaban J connectivity index is 1.85. The van der Waals surface area contributed by atoms with Gasteiger partial charge in [-0.15, -0.1) is 0 Å². The number of carbonyl (C=O) groups is 2. The number of aliphatic hydroxyl groups is 1. The maximum atomic E-state index is 13.2. The number of fused-ring (bicyclic) bond motifs is 5. The third-order valence-corrected chi connectivity index (χ3v) is 5.05. The van der Waals surface area contributed by atoms with E-state index >= 15 is 0 Å². The van der Waals surface area contributed by atoms with E-state index in [1.165, 1.54) is 18.2 Å². The molecule has 7 nitrogen and oxygen atoms in total. The maximum Gasteiger partial charge on any atom is 0.243 e. The van der Waals surface area contributed by atoms with Crippen LogP contribution in [0.25, 0.3) is 5.57 Å². The van der Waals surface area contributed by atoms with E-state index in [1.54, 1.807) is 6.07 Å². The summed E-state index contributed by atoms with van der Waals surface area (Å²) in [6.45, 7) is 0. The molecule has 0 bridgehead atoms.